The molecular formula is C11H19NO3S. The van der Waals surface area contributed by atoms with Crippen molar-refractivity contribution in [3.05, 3.63) is 0 Å². The fourth-order valence-corrected chi connectivity index (χ4v) is 2.63. The lowest BCUT2D eigenvalue weighted by molar-refractivity contribution is -0.142. The van der Waals surface area contributed by atoms with Crippen molar-refractivity contribution in [2.24, 2.45) is 5.92 Å². The molecule has 0 spiro atoms. The van der Waals surface area contributed by atoms with E-state index in [4.69, 9.17) is 5.11 Å². The molecule has 16 heavy (non-hydrogen) atoms. The van der Waals surface area contributed by atoms with Crippen LogP contribution in [0.15, 0.2) is 0 Å². The first-order valence-corrected chi connectivity index (χ1v) is 6.90. The zero-order chi connectivity index (χ0) is 12.0. The number of carbonyl (C=O) groups excluding carboxylic acids is 1. The van der Waals surface area contributed by atoms with E-state index in [0.717, 1.165) is 24.3 Å². The average Bonchev–Trinajstić information content (AvgIpc) is 2.66. The highest BCUT2D eigenvalue weighted by atomic mass is 32.2. The molecule has 1 amide bonds. The molecule has 0 aromatic heterocycles. The molecule has 1 saturated carbocycles. The average molecular weight is 245 g/mol. The number of carboxylic acid groups (broad SMARTS) is 1. The SMILES string of the molecule is CCSCCC(=O)NC1CCCC1C(=O)O. The summed E-state index contributed by atoms with van der Waals surface area (Å²) in [4.78, 5) is 22.4. The summed E-state index contributed by atoms with van der Waals surface area (Å²) in [5.41, 5.74) is 0. The third-order valence-electron chi connectivity index (χ3n) is 2.86. The molecule has 0 saturated heterocycles. The number of hydrogen-bond donors (Lipinski definition) is 2. The first-order valence-electron chi connectivity index (χ1n) is 5.75. The number of amides is 1. The fraction of sp³-hybridized carbons (Fsp3) is 0.818. The fourth-order valence-electron chi connectivity index (χ4n) is 2.02. The van der Waals surface area contributed by atoms with Crippen molar-refractivity contribution < 1.29 is 14.7 Å². The van der Waals surface area contributed by atoms with Gasteiger partial charge in [-0.3, -0.25) is 9.59 Å². The van der Waals surface area contributed by atoms with Crippen LogP contribution in [0.1, 0.15) is 32.6 Å². The second-order valence-corrected chi connectivity index (χ2v) is 5.39. The molecule has 4 nitrogen and oxygen atoms in total. The summed E-state index contributed by atoms with van der Waals surface area (Å²) in [6.07, 6.45) is 2.86. The van der Waals surface area contributed by atoms with Gasteiger partial charge in [-0.15, -0.1) is 0 Å². The van der Waals surface area contributed by atoms with Gasteiger partial charge in [-0.2, -0.15) is 11.8 Å². The minimum atomic E-state index is -0.786. The van der Waals surface area contributed by atoms with E-state index in [9.17, 15) is 9.59 Å². The van der Waals surface area contributed by atoms with E-state index in [1.807, 2.05) is 0 Å². The number of aliphatic carboxylic acids is 1. The molecule has 0 radical (unpaired) electrons. The standard InChI is InChI=1S/C11H19NO3S/c1-2-16-7-6-10(13)12-9-5-3-4-8(9)11(14)15/h8-9H,2-7H2,1H3,(H,12,13)(H,14,15). The van der Waals surface area contributed by atoms with Gasteiger partial charge in [-0.1, -0.05) is 13.3 Å². The second-order valence-electron chi connectivity index (χ2n) is 4.00. The lowest BCUT2D eigenvalue weighted by Crippen LogP contribution is -2.40. The molecule has 2 unspecified atom stereocenters. The Bertz CT molecular complexity index is 258. The molecule has 5 heteroatoms. The minimum Gasteiger partial charge on any atom is -0.481 e. The Morgan fingerprint density at radius 1 is 1.44 bits per heavy atom. The van der Waals surface area contributed by atoms with Gasteiger partial charge in [0.2, 0.25) is 5.91 Å². The van der Waals surface area contributed by atoms with Crippen molar-refractivity contribution in [1.82, 2.24) is 5.32 Å². The van der Waals surface area contributed by atoms with Gasteiger partial charge in [0.1, 0.15) is 0 Å². The van der Waals surface area contributed by atoms with Gasteiger partial charge in [0.15, 0.2) is 0 Å². The Hall–Kier alpha value is -0.710. The summed E-state index contributed by atoms with van der Waals surface area (Å²) in [5.74, 6) is 0.633. The summed E-state index contributed by atoms with van der Waals surface area (Å²) in [6, 6.07) is -0.156. The molecule has 1 aliphatic rings. The summed E-state index contributed by atoms with van der Waals surface area (Å²) >= 11 is 1.72. The van der Waals surface area contributed by atoms with Crippen LogP contribution in [0, 0.1) is 5.92 Å². The first kappa shape index (κ1) is 13.4. The molecule has 92 valence electrons. The number of rotatable bonds is 6. The van der Waals surface area contributed by atoms with Crippen LogP contribution in [0.25, 0.3) is 0 Å². The Morgan fingerprint density at radius 2 is 2.19 bits per heavy atom. The number of carboxylic acids is 1. The Kier molecular flexibility index (Phi) is 5.66. The molecule has 0 aliphatic heterocycles. The predicted octanol–water partition coefficient (Wildman–Crippen LogP) is 1.50. The third-order valence-corrected chi connectivity index (χ3v) is 3.76. The number of hydrogen-bond acceptors (Lipinski definition) is 3. The molecule has 2 N–H and O–H groups in total. The topological polar surface area (TPSA) is 66.4 Å². The van der Waals surface area contributed by atoms with Crippen LogP contribution in [-0.4, -0.2) is 34.5 Å². The van der Waals surface area contributed by atoms with Gasteiger partial charge in [-0.25, -0.2) is 0 Å². The smallest absolute Gasteiger partial charge is 0.308 e. The maximum Gasteiger partial charge on any atom is 0.308 e. The van der Waals surface area contributed by atoms with Crippen molar-refractivity contribution in [2.45, 2.75) is 38.6 Å². The van der Waals surface area contributed by atoms with E-state index >= 15 is 0 Å². The highest BCUT2D eigenvalue weighted by Crippen LogP contribution is 2.25. The van der Waals surface area contributed by atoms with Crippen LogP contribution < -0.4 is 5.32 Å². The lowest BCUT2D eigenvalue weighted by atomic mass is 10.0. The first-order chi connectivity index (χ1) is 7.65. The number of nitrogens with one attached hydrogen (secondary N) is 1. The van der Waals surface area contributed by atoms with E-state index in [1.54, 1.807) is 11.8 Å². The number of carbonyl (C=O) groups is 2. The van der Waals surface area contributed by atoms with Crippen LogP contribution >= 0.6 is 11.8 Å². The molecule has 1 aliphatic carbocycles. The van der Waals surface area contributed by atoms with E-state index in [1.165, 1.54) is 0 Å². The highest BCUT2D eigenvalue weighted by Gasteiger charge is 2.33. The maximum atomic E-state index is 11.5. The van der Waals surface area contributed by atoms with E-state index in [2.05, 4.69) is 12.2 Å². The summed E-state index contributed by atoms with van der Waals surface area (Å²) in [6.45, 7) is 2.06. The van der Waals surface area contributed by atoms with Crippen LogP contribution in [0.2, 0.25) is 0 Å². The van der Waals surface area contributed by atoms with E-state index in [-0.39, 0.29) is 17.9 Å². The zero-order valence-corrected chi connectivity index (χ0v) is 10.4. The van der Waals surface area contributed by atoms with Crippen LogP contribution in [-0.2, 0) is 9.59 Å². The minimum absolute atomic E-state index is 0.0147. The van der Waals surface area contributed by atoms with Gasteiger partial charge >= 0.3 is 5.97 Å². The second kappa shape index (κ2) is 6.78. The van der Waals surface area contributed by atoms with Crippen molar-refractivity contribution >= 4 is 23.6 Å². The molecule has 0 heterocycles. The maximum absolute atomic E-state index is 11.5. The van der Waals surface area contributed by atoms with E-state index in [0.29, 0.717) is 12.8 Å². The monoisotopic (exact) mass is 245 g/mol. The Balaban J connectivity index is 2.30. The van der Waals surface area contributed by atoms with Gasteiger partial charge in [0.25, 0.3) is 0 Å². The van der Waals surface area contributed by atoms with Gasteiger partial charge < -0.3 is 10.4 Å². The molecular weight excluding hydrogens is 226 g/mol. The van der Waals surface area contributed by atoms with Gasteiger partial charge in [-0.05, 0) is 18.6 Å². The van der Waals surface area contributed by atoms with Gasteiger partial charge in [0, 0.05) is 18.2 Å². The van der Waals surface area contributed by atoms with Crippen LogP contribution in [0.3, 0.4) is 0 Å². The zero-order valence-electron chi connectivity index (χ0n) is 9.57. The number of thioether (sulfide) groups is 1. The van der Waals surface area contributed by atoms with Crippen LogP contribution in [0.4, 0.5) is 0 Å². The molecule has 2 atom stereocenters. The summed E-state index contributed by atoms with van der Waals surface area (Å²) in [7, 11) is 0. The lowest BCUT2D eigenvalue weighted by Gasteiger charge is -2.17. The molecule has 0 aromatic rings. The van der Waals surface area contributed by atoms with Gasteiger partial charge in [0.05, 0.1) is 5.92 Å². The highest BCUT2D eigenvalue weighted by molar-refractivity contribution is 7.99. The predicted molar refractivity (Wildman–Crippen MR) is 64.5 cm³/mol. The van der Waals surface area contributed by atoms with Crippen molar-refractivity contribution in [3.8, 4) is 0 Å². The van der Waals surface area contributed by atoms with Crippen molar-refractivity contribution in [3.63, 3.8) is 0 Å². The van der Waals surface area contributed by atoms with Crippen LogP contribution in [0.5, 0.6) is 0 Å². The summed E-state index contributed by atoms with van der Waals surface area (Å²) < 4.78 is 0. The Morgan fingerprint density at radius 3 is 2.81 bits per heavy atom. The van der Waals surface area contributed by atoms with Crippen molar-refractivity contribution in [1.29, 1.82) is 0 Å². The molecule has 0 bridgehead atoms. The van der Waals surface area contributed by atoms with E-state index < -0.39 is 5.97 Å². The largest absolute Gasteiger partial charge is 0.481 e. The molecule has 1 fully saturated rings. The normalized spacial score (nSPS) is 24.3. The van der Waals surface area contributed by atoms with Crippen molar-refractivity contribution in [2.75, 3.05) is 11.5 Å². The third kappa shape index (κ3) is 4.04. The molecule has 1 rings (SSSR count). The summed E-state index contributed by atoms with van der Waals surface area (Å²) in [5, 5.41) is 11.8. The Labute approximate surface area is 100 Å². The molecule has 0 aromatic carbocycles. The quantitative estimate of drug-likeness (QED) is 0.696.